The highest BCUT2D eigenvalue weighted by atomic mass is 16.5. The first-order valence-electron chi connectivity index (χ1n) is 6.81. The second-order valence-corrected chi connectivity index (χ2v) is 4.39. The Kier molecular flexibility index (Phi) is 7.35. The molecule has 0 saturated heterocycles. The van der Waals surface area contributed by atoms with Crippen molar-refractivity contribution >= 4 is 11.9 Å². The molecule has 0 aliphatic heterocycles. The van der Waals surface area contributed by atoms with Crippen LogP contribution >= 0.6 is 0 Å². The summed E-state index contributed by atoms with van der Waals surface area (Å²) in [6.07, 6.45) is 0.718. The molecule has 110 valence electrons. The summed E-state index contributed by atoms with van der Waals surface area (Å²) in [5.41, 5.74) is 0.817. The molecule has 2 N–H and O–H groups in total. The average molecular weight is 279 g/mol. The molecule has 0 radical (unpaired) electrons. The summed E-state index contributed by atoms with van der Waals surface area (Å²) < 4.78 is 5.48. The topological polar surface area (TPSA) is 75.6 Å². The Morgan fingerprint density at radius 1 is 1.25 bits per heavy atom. The molecule has 0 saturated carbocycles. The van der Waals surface area contributed by atoms with Crippen LogP contribution < -0.4 is 5.32 Å². The van der Waals surface area contributed by atoms with E-state index in [0.717, 1.165) is 5.56 Å². The number of carboxylic acid groups (broad SMARTS) is 1. The summed E-state index contributed by atoms with van der Waals surface area (Å²) in [6, 6.07) is 9.31. The molecule has 1 rings (SSSR count). The second-order valence-electron chi connectivity index (χ2n) is 4.39. The number of hydrogen-bond acceptors (Lipinski definition) is 3. The van der Waals surface area contributed by atoms with Gasteiger partial charge in [-0.05, 0) is 25.3 Å². The highest BCUT2D eigenvalue weighted by Gasteiger charge is 2.19. The number of rotatable bonds is 9. The van der Waals surface area contributed by atoms with Gasteiger partial charge in [0.25, 0.3) is 5.91 Å². The van der Waals surface area contributed by atoms with E-state index in [1.165, 1.54) is 0 Å². The summed E-state index contributed by atoms with van der Waals surface area (Å²) in [7, 11) is 0. The van der Waals surface area contributed by atoms with Gasteiger partial charge in [0, 0.05) is 19.6 Å². The van der Waals surface area contributed by atoms with E-state index in [4.69, 9.17) is 9.84 Å². The maximum atomic E-state index is 12.1. The molecule has 1 amide bonds. The Morgan fingerprint density at radius 2 is 1.95 bits per heavy atom. The van der Waals surface area contributed by atoms with Gasteiger partial charge in [0.2, 0.25) is 0 Å². The van der Waals surface area contributed by atoms with Crippen molar-refractivity contribution in [3.8, 4) is 0 Å². The molecule has 1 atom stereocenters. The van der Waals surface area contributed by atoms with Crippen LogP contribution in [0.2, 0.25) is 0 Å². The number of hydrogen-bond donors (Lipinski definition) is 2. The Labute approximate surface area is 118 Å². The predicted molar refractivity (Wildman–Crippen MR) is 75.3 cm³/mol. The standard InChI is InChI=1S/C15H21NO4/c1-2-20-14(12-8-4-3-5-9-12)15(19)16-11-7-6-10-13(17)18/h3-5,8-9,14H,2,6-7,10-11H2,1H3,(H,16,19)(H,17,18). The van der Waals surface area contributed by atoms with Crippen LogP contribution in [-0.2, 0) is 14.3 Å². The van der Waals surface area contributed by atoms with Crippen molar-refractivity contribution < 1.29 is 19.4 Å². The minimum absolute atomic E-state index is 0.128. The Bertz CT molecular complexity index is 419. The lowest BCUT2D eigenvalue weighted by Gasteiger charge is -2.17. The fourth-order valence-electron chi connectivity index (χ4n) is 1.82. The number of amides is 1. The van der Waals surface area contributed by atoms with Crippen molar-refractivity contribution in [2.24, 2.45) is 0 Å². The first-order valence-corrected chi connectivity index (χ1v) is 6.81. The molecule has 0 aromatic heterocycles. The van der Waals surface area contributed by atoms with E-state index >= 15 is 0 Å². The van der Waals surface area contributed by atoms with E-state index in [1.54, 1.807) is 0 Å². The zero-order valence-electron chi connectivity index (χ0n) is 11.7. The lowest BCUT2D eigenvalue weighted by molar-refractivity contribution is -0.137. The highest BCUT2D eigenvalue weighted by Crippen LogP contribution is 2.17. The van der Waals surface area contributed by atoms with E-state index in [2.05, 4.69) is 5.32 Å². The number of ether oxygens (including phenoxy) is 1. The largest absolute Gasteiger partial charge is 0.481 e. The number of aliphatic carboxylic acids is 1. The van der Waals surface area contributed by atoms with Gasteiger partial charge >= 0.3 is 5.97 Å². The van der Waals surface area contributed by atoms with Crippen LogP contribution in [0.5, 0.6) is 0 Å². The number of nitrogens with one attached hydrogen (secondary N) is 1. The number of carbonyl (C=O) groups excluding carboxylic acids is 1. The van der Waals surface area contributed by atoms with Crippen molar-refractivity contribution in [2.75, 3.05) is 13.2 Å². The fourth-order valence-corrected chi connectivity index (χ4v) is 1.82. The van der Waals surface area contributed by atoms with Crippen molar-refractivity contribution in [2.45, 2.75) is 32.3 Å². The number of carbonyl (C=O) groups is 2. The van der Waals surface area contributed by atoms with Crippen LogP contribution in [0.1, 0.15) is 37.9 Å². The monoisotopic (exact) mass is 279 g/mol. The van der Waals surface area contributed by atoms with Gasteiger partial charge in [-0.15, -0.1) is 0 Å². The summed E-state index contributed by atoms with van der Waals surface area (Å²) >= 11 is 0. The summed E-state index contributed by atoms with van der Waals surface area (Å²) in [6.45, 7) is 2.75. The molecular formula is C15H21NO4. The summed E-state index contributed by atoms with van der Waals surface area (Å²) in [4.78, 5) is 22.4. The molecule has 1 unspecified atom stereocenters. The zero-order valence-corrected chi connectivity index (χ0v) is 11.7. The molecule has 1 aromatic carbocycles. The van der Waals surface area contributed by atoms with Crippen molar-refractivity contribution in [3.05, 3.63) is 35.9 Å². The van der Waals surface area contributed by atoms with Crippen molar-refractivity contribution in [3.63, 3.8) is 0 Å². The first kappa shape index (κ1) is 16.2. The average Bonchev–Trinajstić information content (AvgIpc) is 2.44. The molecule has 0 spiro atoms. The molecular weight excluding hydrogens is 258 g/mol. The van der Waals surface area contributed by atoms with Crippen LogP contribution in [0, 0.1) is 0 Å². The van der Waals surface area contributed by atoms with E-state index in [-0.39, 0.29) is 12.3 Å². The van der Waals surface area contributed by atoms with Gasteiger partial charge < -0.3 is 15.2 Å². The summed E-state index contributed by atoms with van der Waals surface area (Å²) in [5.74, 6) is -0.999. The van der Waals surface area contributed by atoms with Crippen molar-refractivity contribution in [1.82, 2.24) is 5.32 Å². The Morgan fingerprint density at radius 3 is 2.55 bits per heavy atom. The highest BCUT2D eigenvalue weighted by molar-refractivity contribution is 5.82. The van der Waals surface area contributed by atoms with Gasteiger partial charge in [0.1, 0.15) is 0 Å². The van der Waals surface area contributed by atoms with Gasteiger partial charge in [-0.3, -0.25) is 9.59 Å². The van der Waals surface area contributed by atoms with Crippen LogP contribution in [0.15, 0.2) is 30.3 Å². The maximum absolute atomic E-state index is 12.1. The normalized spacial score (nSPS) is 11.8. The van der Waals surface area contributed by atoms with E-state index in [1.807, 2.05) is 37.3 Å². The lowest BCUT2D eigenvalue weighted by Crippen LogP contribution is -2.31. The third kappa shape index (κ3) is 5.84. The zero-order chi connectivity index (χ0) is 14.8. The molecule has 5 heteroatoms. The molecule has 0 heterocycles. The molecule has 1 aromatic rings. The Hall–Kier alpha value is -1.88. The first-order chi connectivity index (χ1) is 9.65. The molecule has 0 aliphatic carbocycles. The SMILES string of the molecule is CCOC(C(=O)NCCCCC(=O)O)c1ccccc1. The van der Waals surface area contributed by atoms with E-state index in [0.29, 0.717) is 26.0 Å². The predicted octanol–water partition coefficient (Wildman–Crippen LogP) is 2.14. The smallest absolute Gasteiger partial charge is 0.303 e. The summed E-state index contributed by atoms with van der Waals surface area (Å²) in [5, 5.41) is 11.3. The third-order valence-corrected chi connectivity index (χ3v) is 2.79. The van der Waals surface area contributed by atoms with Gasteiger partial charge in [-0.1, -0.05) is 30.3 Å². The molecule has 0 fully saturated rings. The lowest BCUT2D eigenvalue weighted by atomic mass is 10.1. The Balaban J connectivity index is 2.43. The number of carboxylic acids is 1. The van der Waals surface area contributed by atoms with E-state index < -0.39 is 12.1 Å². The molecule has 0 bridgehead atoms. The van der Waals surface area contributed by atoms with Crippen LogP contribution in [0.4, 0.5) is 0 Å². The van der Waals surface area contributed by atoms with Crippen molar-refractivity contribution in [1.29, 1.82) is 0 Å². The minimum Gasteiger partial charge on any atom is -0.481 e. The van der Waals surface area contributed by atoms with Crippen LogP contribution in [-0.4, -0.2) is 30.1 Å². The molecule has 5 nitrogen and oxygen atoms in total. The fraction of sp³-hybridized carbons (Fsp3) is 0.467. The number of benzene rings is 1. The van der Waals surface area contributed by atoms with Gasteiger partial charge in [-0.25, -0.2) is 0 Å². The third-order valence-electron chi connectivity index (χ3n) is 2.79. The molecule has 20 heavy (non-hydrogen) atoms. The minimum atomic E-state index is -0.812. The quantitative estimate of drug-likeness (QED) is 0.679. The van der Waals surface area contributed by atoms with Crippen LogP contribution in [0.25, 0.3) is 0 Å². The van der Waals surface area contributed by atoms with E-state index in [9.17, 15) is 9.59 Å². The maximum Gasteiger partial charge on any atom is 0.303 e. The van der Waals surface area contributed by atoms with Gasteiger partial charge in [-0.2, -0.15) is 0 Å². The van der Waals surface area contributed by atoms with Gasteiger partial charge in [0.05, 0.1) is 0 Å². The van der Waals surface area contributed by atoms with Crippen LogP contribution in [0.3, 0.4) is 0 Å². The number of unbranched alkanes of at least 4 members (excludes halogenated alkanes) is 1. The molecule has 0 aliphatic rings. The van der Waals surface area contributed by atoms with Gasteiger partial charge in [0.15, 0.2) is 6.10 Å². The second kappa shape index (κ2) is 9.09.